The van der Waals surface area contributed by atoms with Crippen molar-refractivity contribution in [3.05, 3.63) is 0 Å². The molecule has 0 radical (unpaired) electrons. The van der Waals surface area contributed by atoms with Crippen LogP contribution in [0.25, 0.3) is 0 Å². The Morgan fingerprint density at radius 2 is 1.79 bits per heavy atom. The van der Waals surface area contributed by atoms with Gasteiger partial charge in [-0.05, 0) is 25.2 Å². The van der Waals surface area contributed by atoms with E-state index in [4.69, 9.17) is 0 Å². The molecule has 0 aliphatic heterocycles. The second-order valence-corrected chi connectivity index (χ2v) is 4.79. The summed E-state index contributed by atoms with van der Waals surface area (Å²) in [5.74, 6) is 0.0640. The van der Waals surface area contributed by atoms with Crippen LogP contribution >= 0.6 is 0 Å². The van der Waals surface area contributed by atoms with Crippen LogP contribution in [0, 0.1) is 5.41 Å². The zero-order valence-electron chi connectivity index (χ0n) is 9.85. The van der Waals surface area contributed by atoms with Crippen molar-refractivity contribution in [3.63, 3.8) is 0 Å². The van der Waals surface area contributed by atoms with Gasteiger partial charge in [0.25, 0.3) is 0 Å². The van der Waals surface area contributed by atoms with Crippen molar-refractivity contribution >= 4 is 11.6 Å². The molecule has 0 rings (SSSR count). The molecule has 0 aliphatic rings. The smallest absolute Gasteiger partial charge is 0.140 e. The van der Waals surface area contributed by atoms with Crippen molar-refractivity contribution in [1.29, 1.82) is 0 Å². The van der Waals surface area contributed by atoms with Gasteiger partial charge >= 0.3 is 0 Å². The second-order valence-electron chi connectivity index (χ2n) is 4.79. The maximum absolute atomic E-state index is 11.2. The Labute approximate surface area is 87.1 Å². The SMILES string of the molecule is CCC(C)(C)CCCC(=O)CC(C)=O. The van der Waals surface area contributed by atoms with Crippen molar-refractivity contribution < 1.29 is 9.59 Å². The van der Waals surface area contributed by atoms with Crippen LogP contribution in [-0.2, 0) is 9.59 Å². The Hall–Kier alpha value is -0.660. The number of carbonyl (C=O) groups is 2. The Balaban J connectivity index is 3.64. The molecule has 0 aromatic heterocycles. The molecule has 2 nitrogen and oxygen atoms in total. The van der Waals surface area contributed by atoms with Crippen LogP contribution in [0.3, 0.4) is 0 Å². The standard InChI is InChI=1S/C12H22O2/c1-5-12(3,4)8-6-7-11(14)9-10(2)13/h5-9H2,1-4H3. The van der Waals surface area contributed by atoms with E-state index in [1.165, 1.54) is 6.92 Å². The van der Waals surface area contributed by atoms with Gasteiger partial charge in [-0.3, -0.25) is 9.59 Å². The predicted molar refractivity (Wildman–Crippen MR) is 58.2 cm³/mol. The first-order valence-electron chi connectivity index (χ1n) is 5.38. The average molecular weight is 198 g/mol. The Morgan fingerprint density at radius 3 is 2.21 bits per heavy atom. The number of carbonyl (C=O) groups excluding carboxylic acids is 2. The monoisotopic (exact) mass is 198 g/mol. The van der Waals surface area contributed by atoms with Crippen LogP contribution in [-0.4, -0.2) is 11.6 Å². The topological polar surface area (TPSA) is 34.1 Å². The molecule has 0 unspecified atom stereocenters. The predicted octanol–water partition coefficient (Wildman–Crippen LogP) is 3.14. The van der Waals surface area contributed by atoms with E-state index in [2.05, 4.69) is 20.8 Å². The highest BCUT2D eigenvalue weighted by atomic mass is 16.1. The van der Waals surface area contributed by atoms with E-state index in [0.717, 1.165) is 19.3 Å². The van der Waals surface area contributed by atoms with Crippen molar-refractivity contribution in [2.45, 2.75) is 59.8 Å². The minimum atomic E-state index is -0.0234. The minimum Gasteiger partial charge on any atom is -0.300 e. The summed E-state index contributed by atoms with van der Waals surface area (Å²) in [4.78, 5) is 21.9. The van der Waals surface area contributed by atoms with Gasteiger partial charge in [0.1, 0.15) is 11.6 Å². The molecule has 0 aromatic carbocycles. The van der Waals surface area contributed by atoms with Crippen LogP contribution < -0.4 is 0 Å². The molecule has 0 atom stereocenters. The van der Waals surface area contributed by atoms with Gasteiger partial charge in [-0.1, -0.05) is 27.2 Å². The molecule has 0 saturated heterocycles. The molecular weight excluding hydrogens is 176 g/mol. The van der Waals surface area contributed by atoms with Crippen molar-refractivity contribution in [3.8, 4) is 0 Å². The van der Waals surface area contributed by atoms with Gasteiger partial charge in [-0.25, -0.2) is 0 Å². The molecule has 0 fully saturated rings. The third kappa shape index (κ3) is 6.81. The molecular formula is C12H22O2. The summed E-state index contributed by atoms with van der Waals surface area (Å²) in [5.41, 5.74) is 0.330. The van der Waals surface area contributed by atoms with Crippen LogP contribution in [0.5, 0.6) is 0 Å². The Morgan fingerprint density at radius 1 is 1.21 bits per heavy atom. The van der Waals surface area contributed by atoms with Gasteiger partial charge in [-0.2, -0.15) is 0 Å². The Kier molecular flexibility index (Phi) is 5.66. The lowest BCUT2D eigenvalue weighted by molar-refractivity contribution is -0.125. The lowest BCUT2D eigenvalue weighted by Crippen LogP contribution is -2.11. The van der Waals surface area contributed by atoms with E-state index in [1.54, 1.807) is 0 Å². The molecule has 2 heteroatoms. The van der Waals surface area contributed by atoms with E-state index < -0.39 is 0 Å². The molecule has 14 heavy (non-hydrogen) atoms. The second kappa shape index (κ2) is 5.94. The van der Waals surface area contributed by atoms with Crippen molar-refractivity contribution in [2.75, 3.05) is 0 Å². The van der Waals surface area contributed by atoms with Gasteiger partial charge in [-0.15, -0.1) is 0 Å². The largest absolute Gasteiger partial charge is 0.300 e. The van der Waals surface area contributed by atoms with Gasteiger partial charge in [0.05, 0.1) is 6.42 Å². The fraction of sp³-hybridized carbons (Fsp3) is 0.833. The third-order valence-corrected chi connectivity index (χ3v) is 2.71. The summed E-state index contributed by atoms with van der Waals surface area (Å²) in [7, 11) is 0. The highest BCUT2D eigenvalue weighted by Gasteiger charge is 2.15. The first kappa shape index (κ1) is 13.3. The molecule has 0 amide bonds. The average Bonchev–Trinajstić information content (AvgIpc) is 2.02. The van der Waals surface area contributed by atoms with Crippen LogP contribution in [0.2, 0.25) is 0 Å². The number of hydrogen-bond acceptors (Lipinski definition) is 2. The van der Waals surface area contributed by atoms with Gasteiger partial charge < -0.3 is 0 Å². The summed E-state index contributed by atoms with van der Waals surface area (Å²) in [5, 5.41) is 0. The minimum absolute atomic E-state index is 0.0234. The molecule has 0 aromatic rings. The van der Waals surface area contributed by atoms with Crippen LogP contribution in [0.15, 0.2) is 0 Å². The molecule has 0 heterocycles. The first-order chi connectivity index (χ1) is 6.37. The Bertz CT molecular complexity index is 204. The van der Waals surface area contributed by atoms with Crippen molar-refractivity contribution in [1.82, 2.24) is 0 Å². The molecule has 82 valence electrons. The fourth-order valence-electron chi connectivity index (χ4n) is 1.31. The van der Waals surface area contributed by atoms with E-state index in [0.29, 0.717) is 11.8 Å². The lowest BCUT2D eigenvalue weighted by atomic mass is 9.84. The highest BCUT2D eigenvalue weighted by molar-refractivity contribution is 5.97. The zero-order chi connectivity index (χ0) is 11.2. The summed E-state index contributed by atoms with van der Waals surface area (Å²) >= 11 is 0. The molecule has 0 saturated carbocycles. The first-order valence-corrected chi connectivity index (χ1v) is 5.38. The van der Waals surface area contributed by atoms with Gasteiger partial charge in [0.2, 0.25) is 0 Å². The lowest BCUT2D eigenvalue weighted by Gasteiger charge is -2.21. The van der Waals surface area contributed by atoms with E-state index in [1.807, 2.05) is 0 Å². The number of rotatable bonds is 7. The van der Waals surface area contributed by atoms with Crippen LogP contribution in [0.1, 0.15) is 59.8 Å². The third-order valence-electron chi connectivity index (χ3n) is 2.71. The molecule has 0 spiro atoms. The van der Waals surface area contributed by atoms with E-state index >= 15 is 0 Å². The van der Waals surface area contributed by atoms with Crippen molar-refractivity contribution in [2.24, 2.45) is 5.41 Å². The number of ketones is 2. The van der Waals surface area contributed by atoms with E-state index in [-0.39, 0.29) is 18.0 Å². The van der Waals surface area contributed by atoms with Gasteiger partial charge in [0.15, 0.2) is 0 Å². The normalized spacial score (nSPS) is 11.4. The van der Waals surface area contributed by atoms with E-state index in [9.17, 15) is 9.59 Å². The van der Waals surface area contributed by atoms with Gasteiger partial charge in [0, 0.05) is 6.42 Å². The highest BCUT2D eigenvalue weighted by Crippen LogP contribution is 2.26. The summed E-state index contributed by atoms with van der Waals surface area (Å²) in [6, 6.07) is 0. The molecule has 0 N–H and O–H groups in total. The fourth-order valence-corrected chi connectivity index (χ4v) is 1.31. The number of hydrogen-bond donors (Lipinski definition) is 0. The van der Waals surface area contributed by atoms with Crippen LogP contribution in [0.4, 0.5) is 0 Å². The zero-order valence-corrected chi connectivity index (χ0v) is 9.85. The summed E-state index contributed by atoms with van der Waals surface area (Å²) in [6.45, 7) is 8.05. The maximum atomic E-state index is 11.2. The maximum Gasteiger partial charge on any atom is 0.140 e. The quantitative estimate of drug-likeness (QED) is 0.589. The summed E-state index contributed by atoms with van der Waals surface area (Å²) in [6.07, 6.45) is 3.78. The summed E-state index contributed by atoms with van der Waals surface area (Å²) < 4.78 is 0. The molecule has 0 aliphatic carbocycles. The molecule has 0 bridgehead atoms. The number of Topliss-reactive ketones (excluding diaryl/α,β-unsaturated/α-hetero) is 2.